The molecule has 0 radical (unpaired) electrons. The monoisotopic (exact) mass is 249 g/mol. The van der Waals surface area contributed by atoms with Gasteiger partial charge in [-0.05, 0) is 25.0 Å². The number of carbonyl (C=O) groups is 2. The van der Waals surface area contributed by atoms with Crippen LogP contribution in [-0.2, 0) is 19.7 Å². The highest BCUT2D eigenvalue weighted by atomic mass is 16.5. The van der Waals surface area contributed by atoms with Crippen molar-refractivity contribution in [1.82, 2.24) is 4.98 Å². The maximum absolute atomic E-state index is 11.3. The lowest BCUT2D eigenvalue weighted by atomic mass is 9.97. The summed E-state index contributed by atoms with van der Waals surface area (Å²) in [5.74, 6) is -0.641. The summed E-state index contributed by atoms with van der Waals surface area (Å²) in [6.07, 6.45) is 3.67. The Morgan fingerprint density at radius 1 is 1.28 bits per heavy atom. The lowest BCUT2D eigenvalue weighted by Crippen LogP contribution is -2.16. The first-order valence-electron chi connectivity index (χ1n) is 5.73. The summed E-state index contributed by atoms with van der Waals surface area (Å²) in [7, 11) is 2.71. The summed E-state index contributed by atoms with van der Waals surface area (Å²) in [6, 6.07) is 3.45. The van der Waals surface area contributed by atoms with Gasteiger partial charge in [0.05, 0.1) is 26.2 Å². The van der Waals surface area contributed by atoms with Crippen molar-refractivity contribution in [3.63, 3.8) is 0 Å². The van der Waals surface area contributed by atoms with Gasteiger partial charge in [-0.3, -0.25) is 9.78 Å². The van der Waals surface area contributed by atoms with Gasteiger partial charge in [0.25, 0.3) is 0 Å². The van der Waals surface area contributed by atoms with E-state index in [1.165, 1.54) is 20.4 Å². The summed E-state index contributed by atoms with van der Waals surface area (Å²) in [5, 5.41) is 0. The molecule has 0 bridgehead atoms. The molecule has 96 valence electrons. The average Bonchev–Trinajstić information content (AvgIpc) is 3.18. The van der Waals surface area contributed by atoms with Gasteiger partial charge in [0.15, 0.2) is 0 Å². The molecule has 0 unspecified atom stereocenters. The van der Waals surface area contributed by atoms with Crippen LogP contribution in [0.4, 0.5) is 0 Å². The third-order valence-electron chi connectivity index (χ3n) is 3.29. The van der Waals surface area contributed by atoms with Crippen molar-refractivity contribution in [2.24, 2.45) is 0 Å². The van der Waals surface area contributed by atoms with Crippen molar-refractivity contribution < 1.29 is 19.1 Å². The van der Waals surface area contributed by atoms with E-state index < -0.39 is 5.97 Å². The minimum atomic E-state index is -0.410. The molecule has 0 amide bonds. The topological polar surface area (TPSA) is 65.5 Å². The van der Waals surface area contributed by atoms with Crippen LogP contribution in [0.5, 0.6) is 0 Å². The third-order valence-corrected chi connectivity index (χ3v) is 3.29. The van der Waals surface area contributed by atoms with Crippen molar-refractivity contribution in [2.75, 3.05) is 14.2 Å². The number of ether oxygens (including phenoxy) is 2. The van der Waals surface area contributed by atoms with Gasteiger partial charge >= 0.3 is 11.9 Å². The number of pyridine rings is 1. The van der Waals surface area contributed by atoms with Crippen molar-refractivity contribution in [1.29, 1.82) is 0 Å². The molecule has 0 N–H and O–H groups in total. The molecule has 5 heteroatoms. The number of esters is 2. The number of methoxy groups -OCH3 is 2. The highest BCUT2D eigenvalue weighted by molar-refractivity contribution is 5.88. The number of carbonyl (C=O) groups excluding carboxylic acids is 2. The molecule has 1 aromatic rings. The van der Waals surface area contributed by atoms with Gasteiger partial charge in [0.1, 0.15) is 0 Å². The van der Waals surface area contributed by atoms with E-state index in [9.17, 15) is 9.59 Å². The zero-order chi connectivity index (χ0) is 13.2. The Hall–Kier alpha value is -1.91. The number of nitrogens with zero attached hydrogens (tertiary/aromatic N) is 1. The van der Waals surface area contributed by atoms with E-state index in [0.29, 0.717) is 12.0 Å². The second-order valence-electron chi connectivity index (χ2n) is 4.46. The lowest BCUT2D eigenvalue weighted by molar-refractivity contribution is -0.141. The molecule has 1 aromatic heterocycles. The Morgan fingerprint density at radius 3 is 2.44 bits per heavy atom. The standard InChI is InChI=1S/C13H15NO4/c1-17-11(15)7-13(5-6-13)10-4-3-9(8-14-10)12(16)18-2/h3-4,8H,5-7H2,1-2H3. The second-order valence-corrected chi connectivity index (χ2v) is 4.46. The molecule has 1 fully saturated rings. The number of aromatic nitrogens is 1. The van der Waals surface area contributed by atoms with E-state index >= 15 is 0 Å². The molecule has 5 nitrogen and oxygen atoms in total. The van der Waals surface area contributed by atoms with Gasteiger partial charge in [-0.1, -0.05) is 0 Å². The van der Waals surface area contributed by atoms with Gasteiger partial charge in [-0.2, -0.15) is 0 Å². The molecule has 0 saturated heterocycles. The van der Waals surface area contributed by atoms with Gasteiger partial charge in [-0.25, -0.2) is 4.79 Å². The number of hydrogen-bond donors (Lipinski definition) is 0. The summed E-state index contributed by atoms with van der Waals surface area (Å²) < 4.78 is 9.29. The van der Waals surface area contributed by atoms with Gasteiger partial charge in [0.2, 0.25) is 0 Å². The van der Waals surface area contributed by atoms with Gasteiger partial charge in [-0.15, -0.1) is 0 Å². The van der Waals surface area contributed by atoms with Crippen LogP contribution in [-0.4, -0.2) is 31.1 Å². The molecular weight excluding hydrogens is 234 g/mol. The van der Waals surface area contributed by atoms with Crippen molar-refractivity contribution in [3.05, 3.63) is 29.6 Å². The first-order valence-corrected chi connectivity index (χ1v) is 5.73. The minimum Gasteiger partial charge on any atom is -0.469 e. The Bertz CT molecular complexity index is 462. The normalized spacial score (nSPS) is 15.9. The van der Waals surface area contributed by atoms with Crippen LogP contribution in [0.3, 0.4) is 0 Å². The molecule has 0 aliphatic heterocycles. The Labute approximate surface area is 105 Å². The maximum atomic E-state index is 11.3. The van der Waals surface area contributed by atoms with E-state index in [1.807, 2.05) is 0 Å². The van der Waals surface area contributed by atoms with E-state index in [-0.39, 0.29) is 11.4 Å². The van der Waals surface area contributed by atoms with Crippen LogP contribution in [0.25, 0.3) is 0 Å². The fraction of sp³-hybridized carbons (Fsp3) is 0.462. The molecule has 0 spiro atoms. The van der Waals surface area contributed by atoms with Crippen LogP contribution in [0.15, 0.2) is 18.3 Å². The van der Waals surface area contributed by atoms with Crippen molar-refractivity contribution >= 4 is 11.9 Å². The number of rotatable bonds is 4. The average molecular weight is 249 g/mol. The van der Waals surface area contributed by atoms with Crippen LogP contribution in [0.1, 0.15) is 35.3 Å². The molecule has 0 aromatic carbocycles. The molecule has 1 saturated carbocycles. The summed E-state index contributed by atoms with van der Waals surface area (Å²) in [5.41, 5.74) is 1.05. The quantitative estimate of drug-likeness (QED) is 0.756. The van der Waals surface area contributed by atoms with Crippen LogP contribution in [0.2, 0.25) is 0 Å². The van der Waals surface area contributed by atoms with Gasteiger partial charge in [0, 0.05) is 17.3 Å². The molecule has 18 heavy (non-hydrogen) atoms. The molecule has 1 aliphatic rings. The zero-order valence-electron chi connectivity index (χ0n) is 10.4. The zero-order valence-corrected chi connectivity index (χ0v) is 10.4. The van der Waals surface area contributed by atoms with E-state index in [2.05, 4.69) is 14.5 Å². The van der Waals surface area contributed by atoms with E-state index in [1.54, 1.807) is 12.1 Å². The number of hydrogen-bond acceptors (Lipinski definition) is 5. The molecule has 2 rings (SSSR count). The first kappa shape index (κ1) is 12.5. The van der Waals surface area contributed by atoms with E-state index in [0.717, 1.165) is 18.5 Å². The minimum absolute atomic E-state index is 0.193. The van der Waals surface area contributed by atoms with Crippen LogP contribution < -0.4 is 0 Å². The Kier molecular flexibility index (Phi) is 3.32. The second kappa shape index (κ2) is 4.76. The lowest BCUT2D eigenvalue weighted by Gasteiger charge is -2.13. The fourth-order valence-corrected chi connectivity index (χ4v) is 1.97. The highest BCUT2D eigenvalue weighted by Gasteiger charge is 2.47. The van der Waals surface area contributed by atoms with Crippen LogP contribution in [0, 0.1) is 0 Å². The third kappa shape index (κ3) is 2.34. The summed E-state index contributed by atoms with van der Waals surface area (Å²) in [6.45, 7) is 0. The predicted octanol–water partition coefficient (Wildman–Crippen LogP) is 1.46. The fourth-order valence-electron chi connectivity index (χ4n) is 1.97. The molecule has 1 aliphatic carbocycles. The molecule has 1 heterocycles. The SMILES string of the molecule is COC(=O)CC1(c2ccc(C(=O)OC)cn2)CC1. The summed E-state index contributed by atoms with van der Waals surface area (Å²) >= 11 is 0. The molecular formula is C13H15NO4. The predicted molar refractivity (Wildman–Crippen MR) is 63.1 cm³/mol. The van der Waals surface area contributed by atoms with Crippen LogP contribution >= 0.6 is 0 Å². The smallest absolute Gasteiger partial charge is 0.339 e. The maximum Gasteiger partial charge on any atom is 0.339 e. The highest BCUT2D eigenvalue weighted by Crippen LogP contribution is 2.50. The molecule has 0 atom stereocenters. The van der Waals surface area contributed by atoms with Crippen molar-refractivity contribution in [3.8, 4) is 0 Å². The summed E-state index contributed by atoms with van der Waals surface area (Å²) in [4.78, 5) is 26.9. The van der Waals surface area contributed by atoms with Gasteiger partial charge < -0.3 is 9.47 Å². The first-order chi connectivity index (χ1) is 8.61. The van der Waals surface area contributed by atoms with E-state index in [4.69, 9.17) is 0 Å². The Morgan fingerprint density at radius 2 is 2.00 bits per heavy atom. The largest absolute Gasteiger partial charge is 0.469 e. The van der Waals surface area contributed by atoms with Crippen molar-refractivity contribution in [2.45, 2.75) is 24.7 Å². The Balaban J connectivity index is 2.14.